The summed E-state index contributed by atoms with van der Waals surface area (Å²) in [6.07, 6.45) is 0. The molecule has 0 aliphatic heterocycles. The predicted octanol–water partition coefficient (Wildman–Crippen LogP) is 10.5. The second-order valence-corrected chi connectivity index (χ2v) is 23.7. The smallest absolute Gasteiger partial charge is 0.278 e. The molecule has 0 aliphatic carbocycles. The maximum absolute atomic E-state index is 8.71. The zero-order valence-corrected chi connectivity index (χ0v) is 37.7. The molecule has 0 saturated carbocycles. The van der Waals surface area contributed by atoms with Gasteiger partial charge in [-0.3, -0.25) is 0 Å². The monoisotopic (exact) mass is 864 g/mol. The summed E-state index contributed by atoms with van der Waals surface area (Å²) < 4.78 is 13.6. The average molecular weight is 865 g/mol. The summed E-state index contributed by atoms with van der Waals surface area (Å²) in [7, 11) is -6.77. The molecule has 0 radical (unpaired) electrons. The van der Waals surface area contributed by atoms with Crippen molar-refractivity contribution in [3.63, 3.8) is 0 Å². The molecule has 12 aromatic rings. The summed E-state index contributed by atoms with van der Waals surface area (Å²) in [5, 5.41) is 12.1. The number of hydrogen-bond donors (Lipinski definition) is 0. The van der Waals surface area contributed by atoms with Crippen molar-refractivity contribution >= 4 is 91.4 Å². The van der Waals surface area contributed by atoms with Crippen LogP contribution in [0.4, 0.5) is 0 Å². The fourth-order valence-electron chi connectivity index (χ4n) is 10.4. The van der Waals surface area contributed by atoms with Crippen LogP contribution in [0.2, 0.25) is 0 Å². The molecule has 0 atom stereocenters. The van der Waals surface area contributed by atoms with Crippen molar-refractivity contribution in [1.82, 2.24) is 9.13 Å². The number of aromatic nitrogens is 2. The van der Waals surface area contributed by atoms with E-state index in [1.165, 1.54) is 63.7 Å². The minimum Gasteiger partial charge on any atom is -0.435 e. The van der Waals surface area contributed by atoms with Gasteiger partial charge < -0.3 is 13.2 Å². The van der Waals surface area contributed by atoms with Gasteiger partial charge in [-0.15, -0.1) is 0 Å². The van der Waals surface area contributed by atoms with E-state index in [9.17, 15) is 0 Å². The zero-order chi connectivity index (χ0) is 43.2. The van der Waals surface area contributed by atoms with Crippen LogP contribution in [0.3, 0.4) is 0 Å². The Bertz CT molecular complexity index is 3480. The first-order valence-electron chi connectivity index (χ1n) is 22.4. The lowest BCUT2D eigenvalue weighted by atomic mass is 10.1. The van der Waals surface area contributed by atoms with E-state index in [1.807, 2.05) is 0 Å². The summed E-state index contributed by atoms with van der Waals surface area (Å²) >= 11 is 0. The van der Waals surface area contributed by atoms with E-state index in [0.717, 1.165) is 22.4 Å². The maximum atomic E-state index is 8.71. The minimum atomic E-state index is -3.46. The van der Waals surface area contributed by atoms with Crippen LogP contribution in [0.5, 0.6) is 0 Å². The molecule has 0 unspecified atom stereocenters. The Morgan fingerprint density at radius 3 is 1.15 bits per heavy atom. The lowest BCUT2D eigenvalue weighted by Crippen LogP contribution is -2.81. The molecule has 3 nitrogen and oxygen atoms in total. The summed E-state index contributed by atoms with van der Waals surface area (Å²) in [5.74, 6) is 0. The summed E-state index contributed by atoms with van der Waals surface area (Å²) in [4.78, 5) is 0. The SMILES string of the molecule is c1ccc(-n2c3ccccc3c3ccc4c(c5ccccc5n4-c4cccc([Si](O[Si](c5ccccc5)(c5ccccc5)c5ccccc5)(c5ccccc5)c5ccccc5)c4)c32)cc1. The Balaban J connectivity index is 1.18. The number of fused-ring (bicyclic) bond motifs is 7. The highest BCUT2D eigenvalue weighted by atomic mass is 28.4. The lowest BCUT2D eigenvalue weighted by molar-refractivity contribution is 0.600. The van der Waals surface area contributed by atoms with Crippen LogP contribution in [0.15, 0.2) is 267 Å². The number of hydrogen-bond acceptors (Lipinski definition) is 1. The normalized spacial score (nSPS) is 12.1. The van der Waals surface area contributed by atoms with Gasteiger partial charge in [0, 0.05) is 32.9 Å². The van der Waals surface area contributed by atoms with Gasteiger partial charge in [0.05, 0.1) is 22.1 Å². The lowest BCUT2D eigenvalue weighted by Gasteiger charge is -2.44. The van der Waals surface area contributed by atoms with E-state index >= 15 is 0 Å². The van der Waals surface area contributed by atoms with Gasteiger partial charge in [0.25, 0.3) is 16.6 Å². The molecule has 0 aliphatic rings. The molecule has 0 amide bonds. The Morgan fingerprint density at radius 2 is 0.646 bits per heavy atom. The molecular formula is C60H44N2OSi2. The van der Waals surface area contributed by atoms with E-state index in [0.29, 0.717) is 0 Å². The van der Waals surface area contributed by atoms with Crippen LogP contribution >= 0.6 is 0 Å². The fraction of sp³-hybridized carbons (Fsp3) is 0. The van der Waals surface area contributed by atoms with E-state index in [1.54, 1.807) is 0 Å². The maximum Gasteiger partial charge on any atom is 0.278 e. The number of benzene rings is 10. The van der Waals surface area contributed by atoms with Crippen molar-refractivity contribution < 1.29 is 4.12 Å². The van der Waals surface area contributed by atoms with Crippen molar-refractivity contribution in [2.24, 2.45) is 0 Å². The molecule has 10 aromatic carbocycles. The number of rotatable bonds is 10. The van der Waals surface area contributed by atoms with Crippen LogP contribution in [0.1, 0.15) is 0 Å². The first-order chi connectivity index (χ1) is 32.3. The molecule has 308 valence electrons. The Labute approximate surface area is 381 Å². The molecule has 0 N–H and O–H groups in total. The molecule has 65 heavy (non-hydrogen) atoms. The number of nitrogens with zero attached hydrogens (tertiary/aromatic N) is 2. The molecular weight excluding hydrogens is 821 g/mol. The van der Waals surface area contributed by atoms with Crippen LogP contribution in [0.25, 0.3) is 55.0 Å². The second-order valence-electron chi connectivity index (χ2n) is 16.7. The molecule has 0 spiro atoms. The standard InChI is InChI=1S/C60H44N2OSi2/c1-7-24-45(25-8-1)62-56-40-21-19-38-53(56)54-42-43-58-59(60(54)62)55-39-20-22-41-57(55)61(58)46-26-23-37-52(44-46)65(50-33-15-5-16-34-50,51-35-17-6-18-36-51)63-64(47-27-9-2-10-28-47,48-29-11-3-12-30-48)49-31-13-4-14-32-49/h1-44H. The molecule has 5 heteroatoms. The van der Waals surface area contributed by atoms with E-state index in [2.05, 4.69) is 276 Å². The van der Waals surface area contributed by atoms with Crippen LogP contribution < -0.4 is 31.1 Å². The van der Waals surface area contributed by atoms with E-state index in [4.69, 9.17) is 4.12 Å². The quantitative estimate of drug-likeness (QED) is 0.0990. The van der Waals surface area contributed by atoms with Crippen molar-refractivity contribution in [2.75, 3.05) is 0 Å². The van der Waals surface area contributed by atoms with Crippen molar-refractivity contribution in [1.29, 1.82) is 0 Å². The summed E-state index contributed by atoms with van der Waals surface area (Å²) in [6.45, 7) is 0. The summed E-state index contributed by atoms with van der Waals surface area (Å²) in [5.41, 5.74) is 6.96. The Hall–Kier alpha value is -7.81. The van der Waals surface area contributed by atoms with Crippen molar-refractivity contribution in [3.05, 3.63) is 267 Å². The summed E-state index contributed by atoms with van der Waals surface area (Å²) in [6, 6.07) is 97.6. The van der Waals surface area contributed by atoms with Crippen LogP contribution in [-0.4, -0.2) is 25.8 Å². The van der Waals surface area contributed by atoms with E-state index in [-0.39, 0.29) is 0 Å². The van der Waals surface area contributed by atoms with Gasteiger partial charge in [-0.05, 0) is 73.6 Å². The molecule has 2 heterocycles. The van der Waals surface area contributed by atoms with Gasteiger partial charge in [0.15, 0.2) is 0 Å². The predicted molar refractivity (Wildman–Crippen MR) is 278 cm³/mol. The van der Waals surface area contributed by atoms with Gasteiger partial charge in [0.1, 0.15) is 0 Å². The first kappa shape index (κ1) is 38.8. The van der Waals surface area contributed by atoms with Crippen molar-refractivity contribution in [3.8, 4) is 11.4 Å². The highest BCUT2D eigenvalue weighted by Gasteiger charge is 2.53. The Kier molecular flexibility index (Phi) is 9.60. The van der Waals surface area contributed by atoms with Gasteiger partial charge in [0.2, 0.25) is 0 Å². The van der Waals surface area contributed by atoms with Gasteiger partial charge in [-0.2, -0.15) is 0 Å². The molecule has 0 saturated heterocycles. The second kappa shape index (κ2) is 16.1. The number of para-hydroxylation sites is 3. The van der Waals surface area contributed by atoms with Crippen LogP contribution in [0, 0.1) is 0 Å². The van der Waals surface area contributed by atoms with Crippen LogP contribution in [-0.2, 0) is 4.12 Å². The minimum absolute atomic E-state index is 1.09. The third-order valence-corrected chi connectivity index (χ3v) is 22.5. The van der Waals surface area contributed by atoms with Crippen molar-refractivity contribution in [2.45, 2.75) is 0 Å². The topological polar surface area (TPSA) is 19.1 Å². The highest BCUT2D eigenvalue weighted by molar-refractivity contribution is 7.18. The fourth-order valence-corrected chi connectivity index (χ4v) is 21.1. The highest BCUT2D eigenvalue weighted by Crippen LogP contribution is 2.42. The largest absolute Gasteiger partial charge is 0.435 e. The molecule has 0 fully saturated rings. The third-order valence-electron chi connectivity index (χ3n) is 13.2. The molecule has 12 rings (SSSR count). The molecule has 0 bridgehead atoms. The third kappa shape index (κ3) is 6.20. The Morgan fingerprint density at radius 1 is 0.262 bits per heavy atom. The first-order valence-corrected chi connectivity index (χ1v) is 26.2. The van der Waals surface area contributed by atoms with Gasteiger partial charge in [-0.1, -0.05) is 224 Å². The van der Waals surface area contributed by atoms with E-state index < -0.39 is 16.6 Å². The zero-order valence-electron chi connectivity index (χ0n) is 35.7. The van der Waals surface area contributed by atoms with Gasteiger partial charge >= 0.3 is 0 Å². The molecule has 2 aromatic heterocycles. The average Bonchev–Trinajstić information content (AvgIpc) is 3.92. The van der Waals surface area contributed by atoms with Gasteiger partial charge in [-0.25, -0.2) is 0 Å².